The predicted molar refractivity (Wildman–Crippen MR) is 187 cm³/mol. The largest absolute Gasteiger partial charge is 0.434 e. The van der Waals surface area contributed by atoms with Gasteiger partial charge in [-0.1, -0.05) is 48.0 Å². The fraction of sp³-hybridized carbons (Fsp3) is 0.371. The van der Waals surface area contributed by atoms with Gasteiger partial charge in [0.1, 0.15) is 11.6 Å². The van der Waals surface area contributed by atoms with E-state index in [1.807, 2.05) is 4.72 Å². The zero-order valence-corrected chi connectivity index (χ0v) is 29.3. The van der Waals surface area contributed by atoms with E-state index in [0.717, 1.165) is 5.56 Å². The predicted octanol–water partition coefficient (Wildman–Crippen LogP) is 5.01. The number of oxazole rings is 1. The summed E-state index contributed by atoms with van der Waals surface area (Å²) in [6.07, 6.45) is -4.20. The Labute approximate surface area is 302 Å². The Bertz CT molecular complexity index is 1940. The quantitative estimate of drug-likeness (QED) is 0.105. The molecule has 3 atom stereocenters. The van der Waals surface area contributed by atoms with Crippen molar-refractivity contribution < 1.29 is 45.1 Å². The highest BCUT2D eigenvalue weighted by molar-refractivity contribution is 7.92. The summed E-state index contributed by atoms with van der Waals surface area (Å²) < 4.78 is 75.3. The van der Waals surface area contributed by atoms with Crippen molar-refractivity contribution in [1.29, 1.82) is 0 Å². The number of nitrogens with two attached hydrogens (primary N) is 1. The van der Waals surface area contributed by atoms with Crippen molar-refractivity contribution >= 4 is 56.0 Å². The number of hydrogen-bond donors (Lipinski definition) is 3. The van der Waals surface area contributed by atoms with Crippen LogP contribution in [-0.4, -0.2) is 79.1 Å². The molecule has 12 nitrogen and oxygen atoms in total. The first-order valence-electron chi connectivity index (χ1n) is 16.4. The number of benzene rings is 3. The molecule has 1 saturated heterocycles. The van der Waals surface area contributed by atoms with Crippen LogP contribution in [-0.2, 0) is 37.4 Å². The molecule has 1 aromatic heterocycles. The van der Waals surface area contributed by atoms with Gasteiger partial charge in [-0.25, -0.2) is 13.4 Å². The van der Waals surface area contributed by atoms with E-state index in [0.29, 0.717) is 41.1 Å². The Kier molecular flexibility index (Phi) is 12.6. The molecule has 52 heavy (non-hydrogen) atoms. The molecule has 278 valence electrons. The number of ketones is 1. The van der Waals surface area contributed by atoms with E-state index in [9.17, 15) is 36.0 Å². The van der Waals surface area contributed by atoms with Crippen LogP contribution in [0.25, 0.3) is 11.1 Å². The van der Waals surface area contributed by atoms with E-state index in [4.69, 9.17) is 26.5 Å². The molecule has 0 saturated carbocycles. The zero-order valence-electron chi connectivity index (χ0n) is 27.8. The summed E-state index contributed by atoms with van der Waals surface area (Å²) >= 11 is 6.00. The smallest absolute Gasteiger partial charge is 0.404 e. The van der Waals surface area contributed by atoms with Crippen LogP contribution >= 0.6 is 11.6 Å². The highest BCUT2D eigenvalue weighted by atomic mass is 35.5. The third-order valence-electron chi connectivity index (χ3n) is 8.31. The summed E-state index contributed by atoms with van der Waals surface area (Å²) in [5.41, 5.74) is 7.71. The van der Waals surface area contributed by atoms with Crippen LogP contribution in [0, 0.1) is 0 Å². The number of anilines is 1. The molecule has 0 spiro atoms. The second-order valence-electron chi connectivity index (χ2n) is 12.4. The summed E-state index contributed by atoms with van der Waals surface area (Å²) in [5.74, 6) is -3.78. The maximum Gasteiger partial charge on any atom is 0.404 e. The standard InChI is InChI=1S/C35H37ClF3N5O7S/c36-24-12-8-23(9-13-24)20-50-26-18-29(33(47)41-28(6-3-4-16-40)32(46)34-42-27-5-1-2-7-30(27)51-34)44(19-26)31(45)17-22-10-14-25(15-11-22)43-52(48,49)21-35(37,38)39/h1-2,5,7-15,26,28-29,43H,3-4,6,16-21,40H2,(H,41,47)/t26-,28+,29+/m1/s1. The highest BCUT2D eigenvalue weighted by Gasteiger charge is 2.41. The molecule has 1 aliphatic heterocycles. The second kappa shape index (κ2) is 16.9. The van der Waals surface area contributed by atoms with E-state index in [1.165, 1.54) is 29.2 Å². The number of carbonyl (C=O) groups excluding carboxylic acids is 3. The Morgan fingerprint density at radius 3 is 2.38 bits per heavy atom. The van der Waals surface area contributed by atoms with Crippen molar-refractivity contribution in [3.63, 3.8) is 0 Å². The van der Waals surface area contributed by atoms with Gasteiger partial charge in [0.15, 0.2) is 11.3 Å². The van der Waals surface area contributed by atoms with E-state index in [1.54, 1.807) is 48.5 Å². The molecule has 0 unspecified atom stereocenters. The minimum Gasteiger partial charge on any atom is -0.434 e. The van der Waals surface area contributed by atoms with Crippen molar-refractivity contribution in [2.75, 3.05) is 23.6 Å². The third kappa shape index (κ3) is 10.8. The summed E-state index contributed by atoms with van der Waals surface area (Å²) in [6, 6.07) is 17.1. The molecule has 0 aliphatic carbocycles. The number of sulfonamides is 1. The number of para-hydroxylation sites is 2. The van der Waals surface area contributed by atoms with Crippen LogP contribution in [0.2, 0.25) is 5.02 Å². The van der Waals surface area contributed by atoms with Gasteiger partial charge < -0.3 is 25.1 Å². The molecule has 1 aliphatic rings. The average Bonchev–Trinajstić information content (AvgIpc) is 3.72. The molecule has 2 heterocycles. The minimum atomic E-state index is -4.92. The number of hydrogen-bond acceptors (Lipinski definition) is 9. The van der Waals surface area contributed by atoms with Crippen molar-refractivity contribution in [1.82, 2.24) is 15.2 Å². The Morgan fingerprint density at radius 2 is 1.71 bits per heavy atom. The molecule has 4 N–H and O–H groups in total. The Morgan fingerprint density at radius 1 is 1.02 bits per heavy atom. The van der Waals surface area contributed by atoms with Gasteiger partial charge in [0.2, 0.25) is 27.6 Å². The molecule has 1 fully saturated rings. The van der Waals surface area contributed by atoms with Gasteiger partial charge in [0, 0.05) is 23.7 Å². The summed E-state index contributed by atoms with van der Waals surface area (Å²) in [7, 11) is -4.70. The molecule has 3 aromatic carbocycles. The minimum absolute atomic E-state index is 0.0523. The topological polar surface area (TPSA) is 174 Å². The van der Waals surface area contributed by atoms with Gasteiger partial charge in [-0.3, -0.25) is 19.1 Å². The lowest BCUT2D eigenvalue weighted by molar-refractivity contribution is -0.138. The monoisotopic (exact) mass is 763 g/mol. The maximum absolute atomic E-state index is 13.9. The van der Waals surface area contributed by atoms with E-state index >= 15 is 0 Å². The molecule has 2 amide bonds. The van der Waals surface area contributed by atoms with Gasteiger partial charge in [-0.05, 0) is 73.3 Å². The lowest BCUT2D eigenvalue weighted by Crippen LogP contribution is -2.51. The third-order valence-corrected chi connectivity index (χ3v) is 9.81. The molecular weight excluding hydrogens is 727 g/mol. The zero-order chi connectivity index (χ0) is 37.5. The lowest BCUT2D eigenvalue weighted by atomic mass is 10.0. The molecule has 0 radical (unpaired) electrons. The first-order chi connectivity index (χ1) is 24.7. The summed E-state index contributed by atoms with van der Waals surface area (Å²) in [5, 5.41) is 3.37. The van der Waals surface area contributed by atoms with Gasteiger partial charge >= 0.3 is 6.18 Å². The molecule has 17 heteroatoms. The number of nitrogens with one attached hydrogen (secondary N) is 2. The number of alkyl halides is 3. The highest BCUT2D eigenvalue weighted by Crippen LogP contribution is 2.26. The van der Waals surface area contributed by atoms with Gasteiger partial charge in [-0.15, -0.1) is 0 Å². The van der Waals surface area contributed by atoms with Crippen molar-refractivity contribution in [3.8, 4) is 0 Å². The summed E-state index contributed by atoms with van der Waals surface area (Å²) in [4.78, 5) is 47.0. The van der Waals surface area contributed by atoms with Crippen LogP contribution < -0.4 is 15.8 Å². The molecule has 0 bridgehead atoms. The second-order valence-corrected chi connectivity index (χ2v) is 14.6. The van der Waals surface area contributed by atoms with Crippen LogP contribution in [0.15, 0.2) is 77.2 Å². The number of fused-ring (bicyclic) bond motifs is 1. The van der Waals surface area contributed by atoms with Gasteiger partial charge in [0.05, 0.1) is 25.2 Å². The number of nitrogens with zero attached hydrogens (tertiary/aromatic N) is 2. The number of unbranched alkanes of at least 4 members (excludes halogenated alkanes) is 1. The number of halogens is 4. The number of likely N-dealkylation sites (tertiary alicyclic amines) is 1. The van der Waals surface area contributed by atoms with E-state index in [-0.39, 0.29) is 44.0 Å². The Balaban J connectivity index is 1.32. The maximum atomic E-state index is 13.9. The lowest BCUT2D eigenvalue weighted by Gasteiger charge is -2.26. The normalized spacial score (nSPS) is 16.9. The van der Waals surface area contributed by atoms with E-state index in [2.05, 4.69) is 10.3 Å². The Hall–Kier alpha value is -4.51. The van der Waals surface area contributed by atoms with E-state index < -0.39 is 57.7 Å². The number of rotatable bonds is 16. The van der Waals surface area contributed by atoms with Crippen LogP contribution in [0.3, 0.4) is 0 Å². The number of ether oxygens (including phenoxy) is 1. The van der Waals surface area contributed by atoms with Gasteiger partial charge in [0.25, 0.3) is 5.89 Å². The van der Waals surface area contributed by atoms with Crippen LogP contribution in [0.1, 0.15) is 47.5 Å². The number of aromatic nitrogens is 1. The fourth-order valence-corrected chi connectivity index (χ4v) is 6.92. The number of Topliss-reactive ketones (excluding diaryl/α,β-unsaturated/α-hetero) is 1. The SMILES string of the molecule is NCCCC[C@H](NC(=O)[C@@H]1C[C@@H](OCc2ccc(Cl)cc2)CN1C(=O)Cc1ccc(NS(=O)(=O)CC(F)(F)F)cc1)C(=O)c1nc2ccccc2o1. The van der Waals surface area contributed by atoms with Gasteiger partial charge in [-0.2, -0.15) is 13.2 Å². The molecule has 5 rings (SSSR count). The summed E-state index contributed by atoms with van der Waals surface area (Å²) in [6.45, 7) is 0.619. The van der Waals surface area contributed by atoms with Crippen molar-refractivity contribution in [2.24, 2.45) is 5.73 Å². The van der Waals surface area contributed by atoms with Crippen molar-refractivity contribution in [3.05, 3.63) is 94.8 Å². The first-order valence-corrected chi connectivity index (χ1v) is 18.4. The first kappa shape index (κ1) is 38.7. The number of amides is 2. The molecule has 4 aromatic rings. The fourth-order valence-electron chi connectivity index (χ4n) is 5.79. The van der Waals surface area contributed by atoms with Crippen molar-refractivity contribution in [2.45, 2.75) is 63.1 Å². The molecular formula is C35H37ClF3N5O7S. The van der Waals surface area contributed by atoms with Crippen LogP contribution in [0.4, 0.5) is 18.9 Å². The van der Waals surface area contributed by atoms with Crippen LogP contribution in [0.5, 0.6) is 0 Å². The number of carbonyl (C=O) groups is 3. The average molecular weight is 764 g/mol.